The van der Waals surface area contributed by atoms with E-state index in [1.54, 1.807) is 29.4 Å². The van der Waals surface area contributed by atoms with Crippen LogP contribution in [0.3, 0.4) is 0 Å². The molecule has 2 atom stereocenters. The van der Waals surface area contributed by atoms with Gasteiger partial charge in [0.2, 0.25) is 5.79 Å². The van der Waals surface area contributed by atoms with Gasteiger partial charge in [0.1, 0.15) is 31.1 Å². The molecule has 0 N–H and O–H groups in total. The maximum Gasteiger partial charge on any atom is 0.215 e. The van der Waals surface area contributed by atoms with E-state index in [1.807, 2.05) is 18.2 Å². The van der Waals surface area contributed by atoms with Crippen molar-refractivity contribution in [2.45, 2.75) is 38.3 Å². The van der Waals surface area contributed by atoms with Crippen LogP contribution in [0.2, 0.25) is 10.0 Å². The van der Waals surface area contributed by atoms with Gasteiger partial charge in [-0.15, -0.1) is 10.2 Å². The number of rotatable bonds is 8. The highest BCUT2D eigenvalue weighted by Gasteiger charge is 2.45. The van der Waals surface area contributed by atoms with E-state index >= 15 is 0 Å². The fourth-order valence-electron chi connectivity index (χ4n) is 4.74. The molecule has 0 saturated carbocycles. The molecular formula is C26H31Cl2N5O3. The Morgan fingerprint density at radius 1 is 1.03 bits per heavy atom. The molecule has 5 rings (SSSR count). The van der Waals surface area contributed by atoms with E-state index in [2.05, 4.69) is 46.0 Å². The fourth-order valence-corrected chi connectivity index (χ4v) is 5.29. The molecule has 2 aliphatic rings. The minimum atomic E-state index is -1.10. The lowest BCUT2D eigenvalue weighted by molar-refractivity contribution is -0.189. The van der Waals surface area contributed by atoms with Gasteiger partial charge in [0.25, 0.3) is 0 Å². The maximum atomic E-state index is 6.54. The van der Waals surface area contributed by atoms with E-state index in [0.29, 0.717) is 41.4 Å². The molecule has 3 aromatic rings. The van der Waals surface area contributed by atoms with Gasteiger partial charge in [0.15, 0.2) is 0 Å². The minimum Gasteiger partial charge on any atom is -0.491 e. The van der Waals surface area contributed by atoms with Gasteiger partial charge in [-0.3, -0.25) is 4.90 Å². The average Bonchev–Trinajstić information content (AvgIpc) is 3.54. The predicted octanol–water partition coefficient (Wildman–Crippen LogP) is 4.46. The number of halogens is 2. The van der Waals surface area contributed by atoms with Crippen molar-refractivity contribution in [1.29, 1.82) is 0 Å². The molecule has 8 nitrogen and oxygen atoms in total. The van der Waals surface area contributed by atoms with Crippen LogP contribution in [0.5, 0.6) is 5.75 Å². The maximum absolute atomic E-state index is 6.54. The highest BCUT2D eigenvalue weighted by atomic mass is 35.5. The Kier molecular flexibility index (Phi) is 7.69. The molecule has 0 bridgehead atoms. The molecule has 0 radical (unpaired) electrons. The molecule has 36 heavy (non-hydrogen) atoms. The SMILES string of the molecule is CC(C)N1CCN(c2ccc(OC[C@H]3CO[C@](Cn4cnnc4)(c4ccc(Cl)cc4Cl)O3)cc2)CC1. The smallest absolute Gasteiger partial charge is 0.215 e. The zero-order valence-electron chi connectivity index (χ0n) is 20.5. The third kappa shape index (κ3) is 5.63. The van der Waals surface area contributed by atoms with Crippen LogP contribution in [0.25, 0.3) is 0 Å². The van der Waals surface area contributed by atoms with Crippen molar-refractivity contribution in [3.63, 3.8) is 0 Å². The molecule has 10 heteroatoms. The van der Waals surface area contributed by atoms with Crippen molar-refractivity contribution in [3.05, 3.63) is 70.7 Å². The second kappa shape index (κ2) is 10.9. The molecule has 0 aliphatic carbocycles. The summed E-state index contributed by atoms with van der Waals surface area (Å²) in [6, 6.07) is 14.2. The first-order valence-electron chi connectivity index (χ1n) is 12.2. The van der Waals surface area contributed by atoms with Crippen LogP contribution in [0.4, 0.5) is 5.69 Å². The third-order valence-electron chi connectivity index (χ3n) is 6.74. The van der Waals surface area contributed by atoms with Crippen LogP contribution in [0.15, 0.2) is 55.1 Å². The van der Waals surface area contributed by atoms with Crippen molar-refractivity contribution < 1.29 is 14.2 Å². The topological polar surface area (TPSA) is 64.9 Å². The Hall–Kier alpha value is -2.36. The number of nitrogens with zero attached hydrogens (tertiary/aromatic N) is 5. The summed E-state index contributed by atoms with van der Waals surface area (Å²) < 4.78 is 20.5. The molecule has 0 amide bonds. The zero-order chi connectivity index (χ0) is 25.1. The van der Waals surface area contributed by atoms with Crippen LogP contribution in [0, 0.1) is 0 Å². The normalized spacial score (nSPS) is 22.9. The average molecular weight is 532 g/mol. The van der Waals surface area contributed by atoms with Crippen molar-refractivity contribution in [2.75, 3.05) is 44.3 Å². The highest BCUT2D eigenvalue weighted by molar-refractivity contribution is 6.35. The zero-order valence-corrected chi connectivity index (χ0v) is 22.0. The fraction of sp³-hybridized carbons (Fsp3) is 0.462. The van der Waals surface area contributed by atoms with E-state index < -0.39 is 5.79 Å². The molecule has 2 aromatic carbocycles. The van der Waals surface area contributed by atoms with Gasteiger partial charge in [-0.1, -0.05) is 29.3 Å². The van der Waals surface area contributed by atoms with Gasteiger partial charge in [-0.05, 0) is 50.2 Å². The Morgan fingerprint density at radius 2 is 1.75 bits per heavy atom. The number of hydrogen-bond acceptors (Lipinski definition) is 7. The standard InChI is InChI=1S/C26H31Cl2N5O3/c1-19(2)32-9-11-33(12-10-32)21-4-6-22(7-5-21)34-14-23-15-35-26(36-23,16-31-17-29-30-18-31)24-8-3-20(27)13-25(24)28/h3-8,13,17-19,23H,9-12,14-16H2,1-2H3/t23-,26-/m0/s1. The summed E-state index contributed by atoms with van der Waals surface area (Å²) in [4.78, 5) is 4.93. The second-order valence-electron chi connectivity index (χ2n) is 9.48. The molecule has 3 heterocycles. The largest absolute Gasteiger partial charge is 0.491 e. The van der Waals surface area contributed by atoms with E-state index in [4.69, 9.17) is 37.4 Å². The number of anilines is 1. The van der Waals surface area contributed by atoms with Gasteiger partial charge < -0.3 is 23.7 Å². The third-order valence-corrected chi connectivity index (χ3v) is 7.29. The number of ether oxygens (including phenoxy) is 3. The van der Waals surface area contributed by atoms with Crippen molar-refractivity contribution >= 4 is 28.9 Å². The molecule has 0 spiro atoms. The summed E-state index contributed by atoms with van der Waals surface area (Å²) in [5.74, 6) is -0.302. The predicted molar refractivity (Wildman–Crippen MR) is 140 cm³/mol. The Bertz CT molecular complexity index is 1140. The van der Waals surface area contributed by atoms with Gasteiger partial charge >= 0.3 is 0 Å². The number of benzene rings is 2. The first-order chi connectivity index (χ1) is 17.4. The van der Waals surface area contributed by atoms with E-state index in [9.17, 15) is 0 Å². The summed E-state index contributed by atoms with van der Waals surface area (Å²) in [5.41, 5.74) is 1.92. The summed E-state index contributed by atoms with van der Waals surface area (Å²) in [7, 11) is 0. The Morgan fingerprint density at radius 3 is 2.42 bits per heavy atom. The van der Waals surface area contributed by atoms with Crippen molar-refractivity contribution in [3.8, 4) is 5.75 Å². The van der Waals surface area contributed by atoms with Crippen molar-refractivity contribution in [1.82, 2.24) is 19.7 Å². The lowest BCUT2D eigenvalue weighted by Crippen LogP contribution is -2.48. The van der Waals surface area contributed by atoms with Crippen LogP contribution >= 0.6 is 23.2 Å². The second-order valence-corrected chi connectivity index (χ2v) is 10.3. The van der Waals surface area contributed by atoms with Crippen LogP contribution in [-0.2, 0) is 21.8 Å². The monoisotopic (exact) mass is 531 g/mol. The molecule has 1 aromatic heterocycles. The first kappa shape index (κ1) is 25.3. The number of hydrogen-bond donors (Lipinski definition) is 0. The molecule has 2 fully saturated rings. The molecule has 0 unspecified atom stereocenters. The molecule has 192 valence electrons. The first-order valence-corrected chi connectivity index (χ1v) is 13.0. The van der Waals surface area contributed by atoms with E-state index in [-0.39, 0.29) is 6.10 Å². The van der Waals surface area contributed by atoms with Gasteiger partial charge in [-0.2, -0.15) is 0 Å². The van der Waals surface area contributed by atoms with Gasteiger partial charge in [-0.25, -0.2) is 0 Å². The number of aromatic nitrogens is 3. The van der Waals surface area contributed by atoms with Crippen LogP contribution in [-0.4, -0.2) is 71.2 Å². The Balaban J connectivity index is 1.21. The van der Waals surface area contributed by atoms with Crippen molar-refractivity contribution in [2.24, 2.45) is 0 Å². The summed E-state index contributed by atoms with van der Waals surface area (Å²) in [6.07, 6.45) is 2.95. The highest BCUT2D eigenvalue weighted by Crippen LogP contribution is 2.40. The van der Waals surface area contributed by atoms with Crippen LogP contribution in [0.1, 0.15) is 19.4 Å². The van der Waals surface area contributed by atoms with E-state index in [0.717, 1.165) is 31.9 Å². The minimum absolute atomic E-state index is 0.281. The van der Waals surface area contributed by atoms with Gasteiger partial charge in [0, 0.05) is 48.5 Å². The van der Waals surface area contributed by atoms with Crippen LogP contribution < -0.4 is 9.64 Å². The van der Waals surface area contributed by atoms with E-state index in [1.165, 1.54) is 5.69 Å². The Labute approximate surface area is 221 Å². The van der Waals surface area contributed by atoms with Gasteiger partial charge in [0.05, 0.1) is 18.2 Å². The summed E-state index contributed by atoms with van der Waals surface area (Å²) >= 11 is 12.7. The lowest BCUT2D eigenvalue weighted by atomic mass is 10.1. The molecule has 2 saturated heterocycles. The number of piperazine rings is 1. The summed E-state index contributed by atoms with van der Waals surface area (Å²) in [5, 5.41) is 8.80. The summed E-state index contributed by atoms with van der Waals surface area (Å²) in [6.45, 7) is 9.80. The lowest BCUT2D eigenvalue weighted by Gasteiger charge is -2.38. The molecule has 2 aliphatic heterocycles. The molecular weight excluding hydrogens is 501 g/mol. The quantitative estimate of drug-likeness (QED) is 0.425.